The van der Waals surface area contributed by atoms with Crippen molar-refractivity contribution in [3.05, 3.63) is 59.1 Å². The van der Waals surface area contributed by atoms with Gasteiger partial charge in [0.05, 0.1) is 5.69 Å². The van der Waals surface area contributed by atoms with Crippen molar-refractivity contribution in [1.82, 2.24) is 5.32 Å². The van der Waals surface area contributed by atoms with Gasteiger partial charge in [0.15, 0.2) is 6.61 Å². The van der Waals surface area contributed by atoms with Crippen molar-refractivity contribution in [1.29, 1.82) is 0 Å². The molecule has 2 aromatic rings. The van der Waals surface area contributed by atoms with Gasteiger partial charge in [-0.05, 0) is 36.6 Å². The fourth-order valence-corrected chi connectivity index (χ4v) is 2.88. The number of fused-ring (bicyclic) bond motifs is 1. The number of hydrogen-bond acceptors (Lipinski definition) is 3. The Hall–Kier alpha value is -2.53. The van der Waals surface area contributed by atoms with Gasteiger partial charge in [0.1, 0.15) is 12.3 Å². The third kappa shape index (κ3) is 4.51. The van der Waals surface area contributed by atoms with Gasteiger partial charge in [-0.25, -0.2) is 0 Å². The van der Waals surface area contributed by atoms with Crippen molar-refractivity contribution < 1.29 is 14.3 Å². The van der Waals surface area contributed by atoms with Crippen LogP contribution in [0.3, 0.4) is 0 Å². The molecule has 0 spiro atoms. The number of nitrogens with one attached hydrogen (secondary N) is 1. The maximum Gasteiger partial charge on any atom is 0.265 e. The van der Waals surface area contributed by atoms with Gasteiger partial charge >= 0.3 is 0 Å². The van der Waals surface area contributed by atoms with Crippen molar-refractivity contribution in [3.63, 3.8) is 0 Å². The first kappa shape index (κ1) is 17.3. The number of hydrogen-bond donors (Lipinski definition) is 1. The summed E-state index contributed by atoms with van der Waals surface area (Å²) in [5, 5.41) is 3.35. The van der Waals surface area contributed by atoms with Crippen LogP contribution in [0.4, 0.5) is 5.69 Å². The van der Waals surface area contributed by atoms with Crippen LogP contribution in [0.1, 0.15) is 12.0 Å². The summed E-state index contributed by atoms with van der Waals surface area (Å²) < 4.78 is 5.37. The van der Waals surface area contributed by atoms with E-state index in [1.54, 1.807) is 18.2 Å². The van der Waals surface area contributed by atoms with E-state index in [4.69, 9.17) is 16.3 Å². The molecular weight excluding hydrogens is 340 g/mol. The number of ether oxygens (including phenoxy) is 1. The molecule has 2 amide bonds. The zero-order valence-electron chi connectivity index (χ0n) is 13.7. The molecule has 5 nitrogen and oxygen atoms in total. The van der Waals surface area contributed by atoms with E-state index in [0.29, 0.717) is 23.0 Å². The Morgan fingerprint density at radius 2 is 2.00 bits per heavy atom. The average Bonchev–Trinajstić information content (AvgIpc) is 2.62. The lowest BCUT2D eigenvalue weighted by atomic mass is 10.1. The molecule has 0 fully saturated rings. The van der Waals surface area contributed by atoms with Gasteiger partial charge in [0.2, 0.25) is 5.91 Å². The normalized spacial score (nSPS) is 13.2. The highest BCUT2D eigenvalue weighted by Crippen LogP contribution is 2.34. The first-order valence-corrected chi connectivity index (χ1v) is 8.54. The Kier molecular flexibility index (Phi) is 5.56. The van der Waals surface area contributed by atoms with Gasteiger partial charge in [-0.15, -0.1) is 0 Å². The van der Waals surface area contributed by atoms with Crippen molar-refractivity contribution in [2.45, 2.75) is 12.8 Å². The number of rotatable bonds is 6. The molecule has 0 bridgehead atoms. The summed E-state index contributed by atoms with van der Waals surface area (Å²) in [5.74, 6) is 0.101. The fourth-order valence-electron chi connectivity index (χ4n) is 2.71. The fraction of sp³-hybridized carbons (Fsp3) is 0.263. The molecule has 0 unspecified atom stereocenters. The number of anilines is 1. The largest absolute Gasteiger partial charge is 0.482 e. The second-order valence-corrected chi connectivity index (χ2v) is 6.26. The van der Waals surface area contributed by atoms with Crippen molar-refractivity contribution in [2.24, 2.45) is 0 Å². The van der Waals surface area contributed by atoms with Crippen LogP contribution in [-0.2, 0) is 16.0 Å². The number of halogens is 1. The average molecular weight is 359 g/mol. The van der Waals surface area contributed by atoms with Crippen LogP contribution in [-0.4, -0.2) is 31.5 Å². The third-order valence-corrected chi connectivity index (χ3v) is 4.21. The zero-order chi connectivity index (χ0) is 17.6. The molecule has 0 saturated carbocycles. The van der Waals surface area contributed by atoms with Gasteiger partial charge in [-0.2, -0.15) is 0 Å². The van der Waals surface area contributed by atoms with Crippen molar-refractivity contribution in [2.75, 3.05) is 24.6 Å². The number of nitrogens with zero attached hydrogens (tertiary/aromatic N) is 1. The minimum absolute atomic E-state index is 0.0408. The van der Waals surface area contributed by atoms with Crippen LogP contribution < -0.4 is 15.0 Å². The molecule has 1 aliphatic heterocycles. The van der Waals surface area contributed by atoms with E-state index in [9.17, 15) is 9.59 Å². The molecule has 130 valence electrons. The second kappa shape index (κ2) is 8.03. The lowest BCUT2D eigenvalue weighted by Gasteiger charge is -2.29. The van der Waals surface area contributed by atoms with Gasteiger partial charge in [-0.1, -0.05) is 41.9 Å². The van der Waals surface area contributed by atoms with Crippen molar-refractivity contribution in [3.8, 4) is 5.75 Å². The zero-order valence-corrected chi connectivity index (χ0v) is 14.5. The monoisotopic (exact) mass is 358 g/mol. The predicted octanol–water partition coefficient (Wildman–Crippen LogP) is 2.81. The lowest BCUT2D eigenvalue weighted by molar-refractivity contribution is -0.125. The summed E-state index contributed by atoms with van der Waals surface area (Å²) in [6.45, 7) is 0.450. The summed E-state index contributed by atoms with van der Waals surface area (Å²) in [4.78, 5) is 25.7. The van der Waals surface area contributed by atoms with Gasteiger partial charge in [-0.3, -0.25) is 14.5 Å². The minimum atomic E-state index is -0.255. The molecular formula is C19H19ClN2O3. The first-order chi connectivity index (χ1) is 12.1. The smallest absolute Gasteiger partial charge is 0.265 e. The molecule has 3 rings (SSSR count). The number of carbonyl (C=O) groups excluding carboxylic acids is 2. The highest BCUT2D eigenvalue weighted by molar-refractivity contribution is 6.31. The van der Waals surface area contributed by atoms with Crippen LogP contribution in [0.25, 0.3) is 0 Å². The summed E-state index contributed by atoms with van der Waals surface area (Å²) in [7, 11) is 0. The summed E-state index contributed by atoms with van der Waals surface area (Å²) in [5.41, 5.74) is 1.77. The molecule has 0 aromatic heterocycles. The van der Waals surface area contributed by atoms with Crippen LogP contribution in [0.15, 0.2) is 48.5 Å². The van der Waals surface area contributed by atoms with E-state index in [2.05, 4.69) is 17.4 Å². The highest BCUT2D eigenvalue weighted by Gasteiger charge is 2.27. The molecule has 6 heteroatoms. The Bertz CT molecular complexity index is 765. The van der Waals surface area contributed by atoms with E-state index in [-0.39, 0.29) is 25.0 Å². The Labute approximate surface area is 151 Å². The van der Waals surface area contributed by atoms with E-state index in [1.165, 1.54) is 10.5 Å². The summed E-state index contributed by atoms with van der Waals surface area (Å²) >= 11 is 5.99. The molecule has 1 aliphatic rings. The highest BCUT2D eigenvalue weighted by atomic mass is 35.5. The van der Waals surface area contributed by atoms with Crippen LogP contribution in [0.5, 0.6) is 5.75 Å². The standard InChI is InChI=1S/C19H19ClN2O3/c20-15-8-9-17-16(11-15)22(19(24)13-25-17)12-18(23)21-10-4-7-14-5-2-1-3-6-14/h1-3,5-6,8-9,11H,4,7,10,12-13H2,(H,21,23). The Balaban J connectivity index is 1.52. The maximum atomic E-state index is 12.2. The Morgan fingerprint density at radius 1 is 1.20 bits per heavy atom. The van der Waals surface area contributed by atoms with Gasteiger partial charge in [0, 0.05) is 11.6 Å². The van der Waals surface area contributed by atoms with Crippen LogP contribution in [0, 0.1) is 0 Å². The summed E-state index contributed by atoms with van der Waals surface area (Å²) in [6.07, 6.45) is 1.74. The molecule has 0 atom stereocenters. The van der Waals surface area contributed by atoms with E-state index >= 15 is 0 Å². The number of aryl methyl sites for hydroxylation is 1. The SMILES string of the molecule is O=C(CN1C(=O)COc2ccc(Cl)cc21)NCCCc1ccccc1. The summed E-state index contributed by atoms with van der Waals surface area (Å²) in [6, 6.07) is 15.1. The minimum Gasteiger partial charge on any atom is -0.482 e. The van der Waals surface area contributed by atoms with Crippen LogP contribution >= 0.6 is 11.6 Å². The lowest BCUT2D eigenvalue weighted by Crippen LogP contribution is -2.45. The van der Waals surface area contributed by atoms with E-state index < -0.39 is 0 Å². The van der Waals surface area contributed by atoms with Gasteiger partial charge in [0.25, 0.3) is 5.91 Å². The quantitative estimate of drug-likeness (QED) is 0.808. The molecule has 0 saturated heterocycles. The number of benzene rings is 2. The predicted molar refractivity (Wildman–Crippen MR) is 97.1 cm³/mol. The molecule has 25 heavy (non-hydrogen) atoms. The maximum absolute atomic E-state index is 12.2. The number of amides is 2. The first-order valence-electron chi connectivity index (χ1n) is 8.17. The Morgan fingerprint density at radius 3 is 2.80 bits per heavy atom. The molecule has 0 aliphatic carbocycles. The molecule has 1 N–H and O–H groups in total. The topological polar surface area (TPSA) is 58.6 Å². The van der Waals surface area contributed by atoms with Crippen molar-refractivity contribution >= 4 is 29.1 Å². The van der Waals surface area contributed by atoms with E-state index in [0.717, 1.165) is 12.8 Å². The second-order valence-electron chi connectivity index (χ2n) is 5.82. The van der Waals surface area contributed by atoms with Gasteiger partial charge < -0.3 is 10.1 Å². The molecule has 2 aromatic carbocycles. The van der Waals surface area contributed by atoms with Crippen LogP contribution in [0.2, 0.25) is 5.02 Å². The number of carbonyl (C=O) groups is 2. The third-order valence-electron chi connectivity index (χ3n) is 3.97. The molecule has 0 radical (unpaired) electrons. The molecule has 1 heterocycles. The van der Waals surface area contributed by atoms with E-state index in [1.807, 2.05) is 18.2 Å².